The molecule has 0 spiro atoms. The predicted molar refractivity (Wildman–Crippen MR) is 83.0 cm³/mol. The van der Waals surface area contributed by atoms with Crippen molar-refractivity contribution in [1.82, 2.24) is 0 Å². The number of anilines is 1. The molecule has 0 aliphatic carbocycles. The van der Waals surface area contributed by atoms with Gasteiger partial charge in [-0.25, -0.2) is 0 Å². The Labute approximate surface area is 122 Å². The van der Waals surface area contributed by atoms with E-state index in [2.05, 4.69) is 25.1 Å². The maximum absolute atomic E-state index is 10.9. The van der Waals surface area contributed by atoms with Crippen molar-refractivity contribution >= 4 is 23.1 Å². The molecule has 0 amide bonds. The van der Waals surface area contributed by atoms with Crippen LogP contribution in [0.2, 0.25) is 0 Å². The van der Waals surface area contributed by atoms with E-state index in [0.29, 0.717) is 5.75 Å². The maximum atomic E-state index is 10.9. The maximum Gasteiger partial charge on any atom is 0.292 e. The minimum Gasteiger partial charge on any atom is -0.393 e. The third kappa shape index (κ3) is 3.11. The van der Waals surface area contributed by atoms with E-state index in [1.807, 2.05) is 13.0 Å². The van der Waals surface area contributed by atoms with Crippen LogP contribution in [0, 0.1) is 24.0 Å². The fourth-order valence-corrected chi connectivity index (χ4v) is 3.03. The zero-order chi connectivity index (χ0) is 14.7. The minimum absolute atomic E-state index is 0.0240. The lowest BCUT2D eigenvalue weighted by molar-refractivity contribution is -0.383. The molecule has 0 heterocycles. The van der Waals surface area contributed by atoms with Crippen LogP contribution >= 0.6 is 11.8 Å². The molecule has 0 saturated carbocycles. The van der Waals surface area contributed by atoms with Crippen molar-refractivity contribution in [2.45, 2.75) is 24.5 Å². The summed E-state index contributed by atoms with van der Waals surface area (Å²) in [6, 6.07) is 11.2. The number of hydrogen-bond acceptors (Lipinski definition) is 4. The normalized spacial score (nSPS) is 10.5. The number of hydrogen-bond donors (Lipinski definition) is 1. The molecule has 0 aromatic heterocycles. The molecule has 4 nitrogen and oxygen atoms in total. The highest BCUT2D eigenvalue weighted by atomic mass is 32.2. The van der Waals surface area contributed by atoms with Gasteiger partial charge in [-0.15, -0.1) is 11.8 Å². The van der Waals surface area contributed by atoms with E-state index in [-0.39, 0.29) is 11.4 Å². The van der Waals surface area contributed by atoms with Crippen LogP contribution in [0.15, 0.2) is 41.3 Å². The topological polar surface area (TPSA) is 69.2 Å². The predicted octanol–water partition coefficient (Wildman–Crippen LogP) is 4.09. The molecule has 2 aromatic rings. The molecule has 2 N–H and O–H groups in total. The largest absolute Gasteiger partial charge is 0.393 e. The summed E-state index contributed by atoms with van der Waals surface area (Å²) in [4.78, 5) is 11.6. The molecule has 0 fully saturated rings. The van der Waals surface area contributed by atoms with Crippen molar-refractivity contribution in [2.75, 3.05) is 5.73 Å². The van der Waals surface area contributed by atoms with Gasteiger partial charge in [0.25, 0.3) is 5.69 Å². The second-order valence-electron chi connectivity index (χ2n) is 4.66. The molecule has 0 bridgehead atoms. The fraction of sp³-hybridized carbons (Fsp3) is 0.200. The Morgan fingerprint density at radius 1 is 1.25 bits per heavy atom. The Morgan fingerprint density at radius 3 is 2.70 bits per heavy atom. The summed E-state index contributed by atoms with van der Waals surface area (Å²) in [5.74, 6) is 0.623. The van der Waals surface area contributed by atoms with E-state index < -0.39 is 4.92 Å². The van der Waals surface area contributed by atoms with Gasteiger partial charge in [-0.3, -0.25) is 10.1 Å². The van der Waals surface area contributed by atoms with Crippen LogP contribution in [0.4, 0.5) is 11.4 Å². The van der Waals surface area contributed by atoms with Gasteiger partial charge in [0.1, 0.15) is 5.69 Å². The Bertz CT molecular complexity index is 656. The number of thioether (sulfide) groups is 1. The number of benzene rings is 2. The lowest BCUT2D eigenvalue weighted by Gasteiger charge is -2.08. The van der Waals surface area contributed by atoms with Crippen molar-refractivity contribution in [2.24, 2.45) is 0 Å². The summed E-state index contributed by atoms with van der Waals surface area (Å²) < 4.78 is 0. The van der Waals surface area contributed by atoms with Crippen molar-refractivity contribution in [3.63, 3.8) is 0 Å². The van der Waals surface area contributed by atoms with E-state index in [1.54, 1.807) is 17.8 Å². The van der Waals surface area contributed by atoms with Gasteiger partial charge < -0.3 is 5.73 Å². The van der Waals surface area contributed by atoms with Gasteiger partial charge in [-0.2, -0.15) is 0 Å². The number of nitrogens with two attached hydrogens (primary N) is 1. The molecule has 0 unspecified atom stereocenters. The molecular weight excluding hydrogens is 272 g/mol. The third-order valence-electron chi connectivity index (χ3n) is 3.10. The zero-order valence-electron chi connectivity index (χ0n) is 11.4. The van der Waals surface area contributed by atoms with Gasteiger partial charge in [-0.1, -0.05) is 29.8 Å². The molecule has 0 atom stereocenters. The summed E-state index contributed by atoms with van der Waals surface area (Å²) in [5, 5.41) is 10.9. The monoisotopic (exact) mass is 288 g/mol. The van der Waals surface area contributed by atoms with Gasteiger partial charge in [0, 0.05) is 16.7 Å². The molecule has 0 aliphatic rings. The number of aryl methyl sites for hydroxylation is 2. The number of para-hydroxylation sites is 1. The average Bonchev–Trinajstić information content (AvgIpc) is 2.41. The second kappa shape index (κ2) is 5.96. The highest BCUT2D eigenvalue weighted by Gasteiger charge is 2.14. The molecule has 0 aliphatic heterocycles. The lowest BCUT2D eigenvalue weighted by Crippen LogP contribution is -1.99. The quantitative estimate of drug-likeness (QED) is 0.398. The summed E-state index contributed by atoms with van der Waals surface area (Å²) in [7, 11) is 0. The van der Waals surface area contributed by atoms with E-state index >= 15 is 0 Å². The smallest absolute Gasteiger partial charge is 0.292 e. The Hall–Kier alpha value is -2.01. The van der Waals surface area contributed by atoms with E-state index in [4.69, 9.17) is 5.73 Å². The average molecular weight is 288 g/mol. The van der Waals surface area contributed by atoms with Crippen molar-refractivity contribution in [3.8, 4) is 0 Å². The van der Waals surface area contributed by atoms with Gasteiger partial charge in [0.15, 0.2) is 0 Å². The zero-order valence-corrected chi connectivity index (χ0v) is 12.2. The highest BCUT2D eigenvalue weighted by Crippen LogP contribution is 2.32. The number of rotatable bonds is 4. The lowest BCUT2D eigenvalue weighted by atomic mass is 10.2. The Balaban J connectivity index is 2.21. The van der Waals surface area contributed by atoms with Gasteiger partial charge in [0.2, 0.25) is 0 Å². The van der Waals surface area contributed by atoms with E-state index in [0.717, 1.165) is 5.56 Å². The number of nitrogens with zero attached hydrogens (tertiary/aromatic N) is 1. The summed E-state index contributed by atoms with van der Waals surface area (Å²) in [6.45, 7) is 4.10. The molecule has 5 heteroatoms. The fourth-order valence-electron chi connectivity index (χ4n) is 1.90. The van der Waals surface area contributed by atoms with Gasteiger partial charge in [-0.05, 0) is 31.0 Å². The summed E-state index contributed by atoms with van der Waals surface area (Å²) in [6.07, 6.45) is 0. The third-order valence-corrected chi connectivity index (χ3v) is 4.30. The standard InChI is InChI=1S/C15H16N2O2S/c1-10-6-7-11(2)14(8-10)20-9-12-4-3-5-13(15(12)16)17(18)19/h3-8H,9,16H2,1-2H3. The van der Waals surface area contributed by atoms with Crippen molar-refractivity contribution in [1.29, 1.82) is 0 Å². The number of nitrogen functional groups attached to an aromatic ring is 1. The van der Waals surface area contributed by atoms with E-state index in [1.165, 1.54) is 22.1 Å². The van der Waals surface area contributed by atoms with Crippen LogP contribution in [-0.4, -0.2) is 4.92 Å². The summed E-state index contributed by atoms with van der Waals surface area (Å²) >= 11 is 1.65. The molecule has 2 rings (SSSR count). The molecule has 0 radical (unpaired) electrons. The van der Waals surface area contributed by atoms with E-state index in [9.17, 15) is 10.1 Å². The number of nitro benzene ring substituents is 1. The van der Waals surface area contributed by atoms with Crippen molar-refractivity contribution in [3.05, 3.63) is 63.2 Å². The first-order chi connectivity index (χ1) is 9.49. The SMILES string of the molecule is Cc1ccc(C)c(SCc2cccc([N+](=O)[O-])c2N)c1. The molecule has 0 saturated heterocycles. The first-order valence-electron chi connectivity index (χ1n) is 6.21. The minimum atomic E-state index is -0.443. The Morgan fingerprint density at radius 2 is 2.00 bits per heavy atom. The van der Waals surface area contributed by atoms with Crippen LogP contribution in [-0.2, 0) is 5.75 Å². The second-order valence-corrected chi connectivity index (χ2v) is 5.68. The van der Waals surface area contributed by atoms with Crippen LogP contribution in [0.1, 0.15) is 16.7 Å². The van der Waals surface area contributed by atoms with Crippen LogP contribution in [0.25, 0.3) is 0 Å². The number of nitro groups is 1. The van der Waals surface area contributed by atoms with Crippen LogP contribution in [0.3, 0.4) is 0 Å². The van der Waals surface area contributed by atoms with Gasteiger partial charge >= 0.3 is 0 Å². The van der Waals surface area contributed by atoms with Crippen molar-refractivity contribution < 1.29 is 4.92 Å². The highest BCUT2D eigenvalue weighted by molar-refractivity contribution is 7.98. The Kier molecular flexibility index (Phi) is 4.29. The van der Waals surface area contributed by atoms with Crippen LogP contribution in [0.5, 0.6) is 0 Å². The molecular formula is C15H16N2O2S. The first-order valence-corrected chi connectivity index (χ1v) is 7.19. The molecule has 2 aromatic carbocycles. The molecule has 104 valence electrons. The van der Waals surface area contributed by atoms with Crippen LogP contribution < -0.4 is 5.73 Å². The molecule has 20 heavy (non-hydrogen) atoms. The first kappa shape index (κ1) is 14.4. The van der Waals surface area contributed by atoms with Gasteiger partial charge in [0.05, 0.1) is 4.92 Å². The summed E-state index contributed by atoms with van der Waals surface area (Å²) in [5.41, 5.74) is 9.29.